The highest BCUT2D eigenvalue weighted by molar-refractivity contribution is 6.30. The number of hydrogen-bond donors (Lipinski definition) is 3. The van der Waals surface area contributed by atoms with E-state index in [4.69, 9.17) is 26.9 Å². The molecule has 0 aliphatic carbocycles. The van der Waals surface area contributed by atoms with E-state index in [-0.39, 0.29) is 5.90 Å². The standard InChI is InChI=1S/C22H28ClN3O.CH4O/c1-17(15-26-12-4-5-13-26)16-27-22(24)20-6-2-3-7-21(20)25-14-18-8-10-19(23)11-9-18;1-2/h2-3,6-11,17,24-25H,4-5,12-16H2,1H3;2H,1H3. The van der Waals surface area contributed by atoms with Crippen molar-refractivity contribution in [3.8, 4) is 0 Å². The predicted molar refractivity (Wildman–Crippen MR) is 121 cm³/mol. The van der Waals surface area contributed by atoms with Crippen molar-refractivity contribution in [1.29, 1.82) is 5.41 Å². The van der Waals surface area contributed by atoms with Gasteiger partial charge in [0.05, 0.1) is 12.2 Å². The molecule has 0 saturated carbocycles. The molecule has 3 N–H and O–H groups in total. The number of likely N-dealkylation sites (tertiary alicyclic amines) is 1. The van der Waals surface area contributed by atoms with Gasteiger partial charge in [0.2, 0.25) is 5.90 Å². The summed E-state index contributed by atoms with van der Waals surface area (Å²) in [6.07, 6.45) is 2.60. The summed E-state index contributed by atoms with van der Waals surface area (Å²) in [5.41, 5.74) is 2.84. The van der Waals surface area contributed by atoms with Gasteiger partial charge in [0.25, 0.3) is 0 Å². The molecule has 1 aliphatic heterocycles. The second-order valence-electron chi connectivity index (χ2n) is 7.28. The van der Waals surface area contributed by atoms with Crippen molar-refractivity contribution in [2.75, 3.05) is 38.7 Å². The number of ether oxygens (including phenoxy) is 1. The largest absolute Gasteiger partial charge is 0.477 e. The molecule has 0 amide bonds. The first-order valence-corrected chi connectivity index (χ1v) is 10.5. The average Bonchev–Trinajstić information content (AvgIpc) is 3.26. The van der Waals surface area contributed by atoms with Gasteiger partial charge in [-0.2, -0.15) is 0 Å². The number of aliphatic hydroxyl groups is 1. The average molecular weight is 418 g/mol. The fourth-order valence-corrected chi connectivity index (χ4v) is 3.52. The minimum absolute atomic E-state index is 0.225. The van der Waals surface area contributed by atoms with Gasteiger partial charge in [-0.25, -0.2) is 0 Å². The molecule has 1 aliphatic rings. The second kappa shape index (κ2) is 12.5. The van der Waals surface area contributed by atoms with E-state index in [9.17, 15) is 0 Å². The first-order valence-electron chi connectivity index (χ1n) is 10.1. The third kappa shape index (κ3) is 7.69. The van der Waals surface area contributed by atoms with Crippen LogP contribution >= 0.6 is 11.6 Å². The Kier molecular flexibility index (Phi) is 9.98. The van der Waals surface area contributed by atoms with Gasteiger partial charge in [0.15, 0.2) is 0 Å². The van der Waals surface area contributed by atoms with Crippen molar-refractivity contribution in [2.45, 2.75) is 26.3 Å². The maximum atomic E-state index is 8.37. The van der Waals surface area contributed by atoms with Crippen molar-refractivity contribution in [2.24, 2.45) is 5.92 Å². The van der Waals surface area contributed by atoms with Crippen LogP contribution in [0.4, 0.5) is 5.69 Å². The molecule has 1 heterocycles. The minimum atomic E-state index is 0.225. The Labute approximate surface area is 179 Å². The third-order valence-electron chi connectivity index (χ3n) is 4.85. The van der Waals surface area contributed by atoms with Crippen molar-refractivity contribution >= 4 is 23.2 Å². The SMILES string of the molecule is CC(COC(=N)c1ccccc1NCc1ccc(Cl)cc1)CN1CCCC1.CO. The highest BCUT2D eigenvalue weighted by atomic mass is 35.5. The van der Waals surface area contributed by atoms with E-state index in [1.807, 2.05) is 48.5 Å². The smallest absolute Gasteiger partial charge is 0.215 e. The summed E-state index contributed by atoms with van der Waals surface area (Å²) < 4.78 is 5.81. The number of rotatable bonds is 8. The molecule has 1 atom stereocenters. The Morgan fingerprint density at radius 2 is 1.79 bits per heavy atom. The van der Waals surface area contributed by atoms with Crippen LogP contribution in [0.3, 0.4) is 0 Å². The number of hydrogen-bond acceptors (Lipinski definition) is 5. The number of aliphatic hydroxyl groups excluding tert-OH is 1. The molecule has 2 aromatic rings. The summed E-state index contributed by atoms with van der Waals surface area (Å²) >= 11 is 5.94. The quantitative estimate of drug-likeness (QED) is 0.432. The molecular formula is C23H32ClN3O2. The lowest BCUT2D eigenvalue weighted by Gasteiger charge is -2.21. The highest BCUT2D eigenvalue weighted by Crippen LogP contribution is 2.19. The monoisotopic (exact) mass is 417 g/mol. The van der Waals surface area contributed by atoms with Crippen LogP contribution in [-0.2, 0) is 11.3 Å². The molecule has 0 radical (unpaired) electrons. The van der Waals surface area contributed by atoms with Crippen LogP contribution in [0.5, 0.6) is 0 Å². The first-order chi connectivity index (χ1) is 14.1. The lowest BCUT2D eigenvalue weighted by Crippen LogP contribution is -2.28. The van der Waals surface area contributed by atoms with Gasteiger partial charge in [0.1, 0.15) is 0 Å². The number of para-hydroxylation sites is 1. The lowest BCUT2D eigenvalue weighted by atomic mass is 10.1. The first kappa shape index (κ1) is 23.2. The van der Waals surface area contributed by atoms with Gasteiger partial charge in [0, 0.05) is 36.8 Å². The summed E-state index contributed by atoms with van der Waals surface area (Å²) in [7, 11) is 1.00. The van der Waals surface area contributed by atoms with Crippen LogP contribution in [0.1, 0.15) is 30.9 Å². The van der Waals surface area contributed by atoms with Gasteiger partial charge in [-0.05, 0) is 55.8 Å². The van der Waals surface area contributed by atoms with Crippen molar-refractivity contribution in [3.63, 3.8) is 0 Å². The molecule has 0 bridgehead atoms. The van der Waals surface area contributed by atoms with Crippen LogP contribution in [0, 0.1) is 11.3 Å². The van der Waals surface area contributed by atoms with E-state index in [0.717, 1.165) is 35.5 Å². The molecule has 1 fully saturated rings. The third-order valence-corrected chi connectivity index (χ3v) is 5.10. The Morgan fingerprint density at radius 1 is 1.14 bits per heavy atom. The summed E-state index contributed by atoms with van der Waals surface area (Å²) in [6, 6.07) is 15.6. The zero-order valence-corrected chi connectivity index (χ0v) is 18.1. The Morgan fingerprint density at radius 3 is 2.48 bits per heavy atom. The normalized spacial score (nSPS) is 14.6. The molecule has 0 aromatic heterocycles. The molecule has 2 aromatic carbocycles. The van der Waals surface area contributed by atoms with Crippen molar-refractivity contribution in [1.82, 2.24) is 4.90 Å². The highest BCUT2D eigenvalue weighted by Gasteiger charge is 2.16. The molecule has 0 spiro atoms. The summed E-state index contributed by atoms with van der Waals surface area (Å²) in [5.74, 6) is 0.639. The summed E-state index contributed by atoms with van der Waals surface area (Å²) in [6.45, 7) is 6.87. The molecule has 1 unspecified atom stereocenters. The number of nitrogens with zero attached hydrogens (tertiary/aromatic N) is 1. The van der Waals surface area contributed by atoms with Gasteiger partial charge in [-0.15, -0.1) is 0 Å². The minimum Gasteiger partial charge on any atom is -0.477 e. The van der Waals surface area contributed by atoms with Crippen molar-refractivity contribution < 1.29 is 9.84 Å². The number of halogens is 1. The predicted octanol–water partition coefficient (Wildman–Crippen LogP) is 4.63. The molecular weight excluding hydrogens is 386 g/mol. The van der Waals surface area contributed by atoms with Crippen LogP contribution in [0.25, 0.3) is 0 Å². The van der Waals surface area contributed by atoms with E-state index < -0.39 is 0 Å². The topological polar surface area (TPSA) is 68.6 Å². The van der Waals surface area contributed by atoms with Gasteiger partial charge in [-0.3, -0.25) is 5.41 Å². The van der Waals surface area contributed by atoms with Crippen LogP contribution in [0.15, 0.2) is 48.5 Å². The van der Waals surface area contributed by atoms with Gasteiger partial charge < -0.3 is 20.1 Å². The van der Waals surface area contributed by atoms with E-state index >= 15 is 0 Å². The Balaban J connectivity index is 0.00000145. The fourth-order valence-electron chi connectivity index (χ4n) is 3.40. The summed E-state index contributed by atoms with van der Waals surface area (Å²) in [4.78, 5) is 2.49. The number of anilines is 1. The molecule has 29 heavy (non-hydrogen) atoms. The molecule has 6 heteroatoms. The number of nitrogens with one attached hydrogen (secondary N) is 2. The zero-order valence-electron chi connectivity index (χ0n) is 17.3. The zero-order chi connectivity index (χ0) is 21.1. The maximum Gasteiger partial charge on any atom is 0.215 e. The van der Waals surface area contributed by atoms with E-state index in [1.54, 1.807) is 0 Å². The van der Waals surface area contributed by atoms with Crippen LogP contribution < -0.4 is 5.32 Å². The van der Waals surface area contributed by atoms with E-state index in [0.29, 0.717) is 19.1 Å². The Bertz CT molecular complexity index is 746. The summed E-state index contributed by atoms with van der Waals surface area (Å²) in [5, 5.41) is 19.5. The van der Waals surface area contributed by atoms with Crippen molar-refractivity contribution in [3.05, 3.63) is 64.7 Å². The molecule has 5 nitrogen and oxygen atoms in total. The molecule has 158 valence electrons. The lowest BCUT2D eigenvalue weighted by molar-refractivity contribution is 0.198. The van der Waals surface area contributed by atoms with Crippen LogP contribution in [-0.4, -0.2) is 49.3 Å². The van der Waals surface area contributed by atoms with Gasteiger partial charge >= 0.3 is 0 Å². The van der Waals surface area contributed by atoms with E-state index in [1.165, 1.54) is 25.9 Å². The number of benzene rings is 2. The Hall–Kier alpha value is -2.08. The fraction of sp³-hybridized carbons (Fsp3) is 0.435. The van der Waals surface area contributed by atoms with Crippen LogP contribution in [0.2, 0.25) is 5.02 Å². The molecule has 1 saturated heterocycles. The maximum absolute atomic E-state index is 8.37. The van der Waals surface area contributed by atoms with Gasteiger partial charge in [-0.1, -0.05) is 42.8 Å². The molecule has 3 rings (SSSR count). The van der Waals surface area contributed by atoms with E-state index in [2.05, 4.69) is 17.1 Å². The second-order valence-corrected chi connectivity index (χ2v) is 7.72.